The molecule has 20 heavy (non-hydrogen) atoms. The number of aryl methyl sites for hydroxylation is 1. The van der Waals surface area contributed by atoms with Gasteiger partial charge in [0.1, 0.15) is 4.47 Å². The first-order valence-corrected chi connectivity index (χ1v) is 8.15. The maximum absolute atomic E-state index is 12.1. The van der Waals surface area contributed by atoms with Crippen molar-refractivity contribution in [3.63, 3.8) is 0 Å². The number of hydrogen-bond acceptors (Lipinski definition) is 4. The lowest BCUT2D eigenvalue weighted by Crippen LogP contribution is -2.39. The Morgan fingerprint density at radius 3 is 3.10 bits per heavy atom. The van der Waals surface area contributed by atoms with E-state index in [-0.39, 0.29) is 5.56 Å². The molecular formula is C14H23BrN4O. The van der Waals surface area contributed by atoms with Crippen LogP contribution >= 0.6 is 15.9 Å². The van der Waals surface area contributed by atoms with Crippen molar-refractivity contribution in [2.45, 2.75) is 45.7 Å². The quantitative estimate of drug-likeness (QED) is 0.861. The Kier molecular flexibility index (Phi) is 5.60. The van der Waals surface area contributed by atoms with Crippen molar-refractivity contribution < 1.29 is 0 Å². The lowest BCUT2D eigenvalue weighted by Gasteiger charge is -2.29. The molecule has 1 aromatic rings. The van der Waals surface area contributed by atoms with Gasteiger partial charge in [-0.15, -0.1) is 0 Å². The molecule has 112 valence electrons. The highest BCUT2D eigenvalue weighted by atomic mass is 79.9. The molecule has 2 atom stereocenters. The van der Waals surface area contributed by atoms with Gasteiger partial charge in [-0.2, -0.15) is 5.10 Å². The molecule has 1 aliphatic rings. The van der Waals surface area contributed by atoms with Gasteiger partial charge in [0, 0.05) is 12.6 Å². The second kappa shape index (κ2) is 7.22. The summed E-state index contributed by atoms with van der Waals surface area (Å²) in [6, 6.07) is 0.322. The van der Waals surface area contributed by atoms with Crippen LogP contribution in [0.25, 0.3) is 0 Å². The number of hydrogen-bond donors (Lipinski definition) is 2. The summed E-state index contributed by atoms with van der Waals surface area (Å²) < 4.78 is 2.08. The maximum atomic E-state index is 12.1. The molecule has 1 saturated heterocycles. The van der Waals surface area contributed by atoms with Gasteiger partial charge in [-0.3, -0.25) is 4.79 Å². The summed E-state index contributed by atoms with van der Waals surface area (Å²) in [5.41, 5.74) is 0.728. The van der Waals surface area contributed by atoms with E-state index in [1.807, 2.05) is 6.92 Å². The van der Waals surface area contributed by atoms with E-state index in [0.29, 0.717) is 23.0 Å². The first-order valence-electron chi connectivity index (χ1n) is 7.36. The Bertz CT molecular complexity index is 496. The van der Waals surface area contributed by atoms with E-state index in [9.17, 15) is 4.79 Å². The van der Waals surface area contributed by atoms with E-state index in [4.69, 9.17) is 0 Å². The van der Waals surface area contributed by atoms with Gasteiger partial charge in [0.15, 0.2) is 0 Å². The Morgan fingerprint density at radius 1 is 1.65 bits per heavy atom. The van der Waals surface area contributed by atoms with Gasteiger partial charge in [-0.25, -0.2) is 4.68 Å². The number of halogens is 1. The lowest BCUT2D eigenvalue weighted by molar-refractivity contribution is 0.347. The van der Waals surface area contributed by atoms with Crippen molar-refractivity contribution >= 4 is 21.6 Å². The average molecular weight is 343 g/mol. The highest BCUT2D eigenvalue weighted by Gasteiger charge is 2.21. The molecule has 1 aromatic heterocycles. The molecule has 0 radical (unpaired) electrons. The van der Waals surface area contributed by atoms with Crippen LogP contribution in [-0.2, 0) is 6.54 Å². The third kappa shape index (κ3) is 3.61. The number of anilines is 1. The molecule has 1 fully saturated rings. The number of rotatable bonds is 5. The smallest absolute Gasteiger partial charge is 0.283 e. The predicted molar refractivity (Wildman–Crippen MR) is 85.2 cm³/mol. The lowest BCUT2D eigenvalue weighted by atomic mass is 9.93. The molecule has 2 heterocycles. The zero-order valence-electron chi connectivity index (χ0n) is 12.2. The van der Waals surface area contributed by atoms with Crippen LogP contribution in [0.15, 0.2) is 15.5 Å². The Hall–Kier alpha value is -0.880. The van der Waals surface area contributed by atoms with Crippen molar-refractivity contribution in [3.05, 3.63) is 21.0 Å². The van der Waals surface area contributed by atoms with Crippen LogP contribution in [0.1, 0.15) is 33.1 Å². The number of piperidine rings is 1. The molecule has 0 amide bonds. The molecule has 0 bridgehead atoms. The van der Waals surface area contributed by atoms with Gasteiger partial charge in [0.25, 0.3) is 5.56 Å². The van der Waals surface area contributed by atoms with Crippen LogP contribution in [0.4, 0.5) is 5.69 Å². The van der Waals surface area contributed by atoms with Crippen LogP contribution in [-0.4, -0.2) is 28.9 Å². The third-order valence-corrected chi connectivity index (χ3v) is 4.61. The van der Waals surface area contributed by atoms with E-state index in [2.05, 4.69) is 38.6 Å². The van der Waals surface area contributed by atoms with Gasteiger partial charge in [0.05, 0.1) is 11.9 Å². The number of nitrogens with one attached hydrogen (secondary N) is 2. The molecule has 5 nitrogen and oxygen atoms in total. The second-order valence-corrected chi connectivity index (χ2v) is 6.23. The van der Waals surface area contributed by atoms with Gasteiger partial charge in [-0.05, 0) is 61.1 Å². The van der Waals surface area contributed by atoms with Crippen molar-refractivity contribution in [1.82, 2.24) is 15.1 Å². The monoisotopic (exact) mass is 342 g/mol. The maximum Gasteiger partial charge on any atom is 0.283 e. The zero-order chi connectivity index (χ0) is 14.5. The highest BCUT2D eigenvalue weighted by Crippen LogP contribution is 2.22. The van der Waals surface area contributed by atoms with Gasteiger partial charge >= 0.3 is 0 Å². The molecule has 0 spiro atoms. The van der Waals surface area contributed by atoms with E-state index in [1.165, 1.54) is 17.5 Å². The SMILES string of the molecule is CCCn1ncc(NC(C)C2CCCNC2)c(Br)c1=O. The minimum atomic E-state index is -0.0641. The molecule has 6 heteroatoms. The van der Waals surface area contributed by atoms with Crippen LogP contribution in [0.2, 0.25) is 0 Å². The molecule has 0 aliphatic carbocycles. The fourth-order valence-electron chi connectivity index (χ4n) is 2.61. The fourth-order valence-corrected chi connectivity index (χ4v) is 3.03. The highest BCUT2D eigenvalue weighted by molar-refractivity contribution is 9.10. The Morgan fingerprint density at radius 2 is 2.45 bits per heavy atom. The molecule has 2 unspecified atom stereocenters. The van der Waals surface area contributed by atoms with Crippen LogP contribution < -0.4 is 16.2 Å². The average Bonchev–Trinajstić information content (AvgIpc) is 2.48. The first kappa shape index (κ1) is 15.5. The largest absolute Gasteiger partial charge is 0.380 e. The number of nitrogens with zero attached hydrogens (tertiary/aromatic N) is 2. The number of aromatic nitrogens is 2. The van der Waals surface area contributed by atoms with Gasteiger partial charge < -0.3 is 10.6 Å². The standard InChI is InChI=1S/C14H23BrN4O/c1-3-7-19-14(20)13(15)12(9-17-19)18-10(2)11-5-4-6-16-8-11/h9-11,16,18H,3-8H2,1-2H3. The second-order valence-electron chi connectivity index (χ2n) is 5.44. The summed E-state index contributed by atoms with van der Waals surface area (Å²) >= 11 is 3.40. The van der Waals surface area contributed by atoms with Crippen LogP contribution in [0.5, 0.6) is 0 Å². The Balaban J connectivity index is 2.09. The molecule has 1 aliphatic heterocycles. The topological polar surface area (TPSA) is 59.0 Å². The minimum Gasteiger partial charge on any atom is -0.380 e. The first-order chi connectivity index (χ1) is 9.63. The van der Waals surface area contributed by atoms with Crippen molar-refractivity contribution in [2.24, 2.45) is 5.92 Å². The molecular weight excluding hydrogens is 320 g/mol. The molecule has 0 aromatic carbocycles. The van der Waals surface area contributed by atoms with E-state index in [1.54, 1.807) is 6.20 Å². The summed E-state index contributed by atoms with van der Waals surface area (Å²) in [5.74, 6) is 0.591. The van der Waals surface area contributed by atoms with E-state index in [0.717, 1.165) is 25.2 Å². The fraction of sp³-hybridized carbons (Fsp3) is 0.714. The van der Waals surface area contributed by atoms with E-state index < -0.39 is 0 Å². The summed E-state index contributed by atoms with van der Waals surface area (Å²) in [6.07, 6.45) is 5.08. The van der Waals surface area contributed by atoms with Crippen LogP contribution in [0, 0.1) is 5.92 Å². The third-order valence-electron chi connectivity index (χ3n) is 3.85. The zero-order valence-corrected chi connectivity index (χ0v) is 13.7. The van der Waals surface area contributed by atoms with Crippen molar-refractivity contribution in [1.29, 1.82) is 0 Å². The van der Waals surface area contributed by atoms with Crippen molar-refractivity contribution in [2.75, 3.05) is 18.4 Å². The molecule has 0 saturated carbocycles. The summed E-state index contributed by atoms with van der Waals surface area (Å²) in [5, 5.41) is 11.1. The normalized spacial score (nSPS) is 20.6. The minimum absolute atomic E-state index is 0.0641. The summed E-state index contributed by atoms with van der Waals surface area (Å²) in [7, 11) is 0. The summed E-state index contributed by atoms with van der Waals surface area (Å²) in [4.78, 5) is 12.1. The van der Waals surface area contributed by atoms with Crippen molar-refractivity contribution in [3.8, 4) is 0 Å². The van der Waals surface area contributed by atoms with Gasteiger partial charge in [0.2, 0.25) is 0 Å². The summed E-state index contributed by atoms with van der Waals surface area (Å²) in [6.45, 7) is 7.00. The molecule has 2 rings (SSSR count). The van der Waals surface area contributed by atoms with Gasteiger partial charge in [-0.1, -0.05) is 6.92 Å². The Labute approximate surface area is 128 Å². The predicted octanol–water partition coefficient (Wildman–Crippen LogP) is 2.22. The van der Waals surface area contributed by atoms with E-state index >= 15 is 0 Å². The molecule has 2 N–H and O–H groups in total. The van der Waals surface area contributed by atoms with Crippen LogP contribution in [0.3, 0.4) is 0 Å².